The van der Waals surface area contributed by atoms with Crippen LogP contribution in [0, 0.1) is 0 Å². The summed E-state index contributed by atoms with van der Waals surface area (Å²) in [7, 11) is 0. The molecule has 1 aliphatic heterocycles. The van der Waals surface area contributed by atoms with Gasteiger partial charge in [0.05, 0.1) is 17.8 Å². The van der Waals surface area contributed by atoms with Gasteiger partial charge in [-0.25, -0.2) is 0 Å². The fourth-order valence-electron chi connectivity index (χ4n) is 3.61. The van der Waals surface area contributed by atoms with E-state index >= 15 is 0 Å². The molecule has 0 unspecified atom stereocenters. The molecule has 144 valence electrons. The van der Waals surface area contributed by atoms with Gasteiger partial charge in [0.1, 0.15) is 5.69 Å². The largest absolute Gasteiger partial charge is 0.370 e. The van der Waals surface area contributed by atoms with Gasteiger partial charge in [-0.05, 0) is 49.6 Å². The van der Waals surface area contributed by atoms with Gasteiger partial charge in [-0.2, -0.15) is 0 Å². The summed E-state index contributed by atoms with van der Waals surface area (Å²) in [6.45, 7) is 1.85. The summed E-state index contributed by atoms with van der Waals surface area (Å²) in [5, 5.41) is 7.77. The van der Waals surface area contributed by atoms with Crippen LogP contribution >= 0.6 is 0 Å². The molecule has 2 aromatic carbocycles. The highest BCUT2D eigenvalue weighted by molar-refractivity contribution is 6.00. The average molecular weight is 378 g/mol. The van der Waals surface area contributed by atoms with Crippen LogP contribution in [0.15, 0.2) is 47.0 Å². The molecule has 0 atom stereocenters. The first kappa shape index (κ1) is 18.0. The molecule has 1 saturated heterocycles. The molecule has 3 aromatic rings. The second kappa shape index (κ2) is 7.72. The molecule has 2 amide bonds. The molecule has 0 spiro atoms. The van der Waals surface area contributed by atoms with Crippen molar-refractivity contribution in [3.63, 3.8) is 0 Å². The minimum absolute atomic E-state index is 0.0806. The fourth-order valence-corrected chi connectivity index (χ4v) is 3.61. The number of nitrogens with one attached hydrogen (secondary N) is 1. The summed E-state index contributed by atoms with van der Waals surface area (Å²) >= 11 is 0. The van der Waals surface area contributed by atoms with Gasteiger partial charge >= 0.3 is 0 Å². The minimum Gasteiger partial charge on any atom is -0.370 e. The van der Waals surface area contributed by atoms with Crippen LogP contribution in [-0.4, -0.2) is 30.1 Å². The number of piperidine rings is 1. The maximum Gasteiger partial charge on any atom is 0.248 e. The highest BCUT2D eigenvalue weighted by atomic mass is 16.5. The number of rotatable bonds is 5. The Morgan fingerprint density at radius 2 is 1.89 bits per heavy atom. The highest BCUT2D eigenvalue weighted by Crippen LogP contribution is 2.30. The quantitative estimate of drug-likeness (QED) is 0.710. The Morgan fingerprint density at radius 3 is 2.68 bits per heavy atom. The third kappa shape index (κ3) is 3.69. The monoisotopic (exact) mass is 378 g/mol. The number of primary amides is 1. The van der Waals surface area contributed by atoms with Gasteiger partial charge in [-0.1, -0.05) is 17.3 Å². The second-order valence-electron chi connectivity index (χ2n) is 6.99. The Kier molecular flexibility index (Phi) is 4.97. The first-order chi connectivity index (χ1) is 13.6. The Bertz CT molecular complexity index is 1020. The topological polar surface area (TPSA) is 101 Å². The Hall–Kier alpha value is -3.35. The van der Waals surface area contributed by atoms with Crippen molar-refractivity contribution in [2.45, 2.75) is 25.7 Å². The van der Waals surface area contributed by atoms with E-state index in [0.29, 0.717) is 22.5 Å². The summed E-state index contributed by atoms with van der Waals surface area (Å²) < 4.78 is 5.27. The SMILES string of the molecule is NC(=O)c1ccc(N2CCCCC2)c(NC(=O)Cc2noc3ccccc23)c1. The number of nitrogens with two attached hydrogens (primary N) is 1. The number of para-hydroxylation sites is 1. The van der Waals surface area contributed by atoms with E-state index in [1.54, 1.807) is 12.1 Å². The molecule has 7 heteroatoms. The summed E-state index contributed by atoms with van der Waals surface area (Å²) in [6.07, 6.45) is 3.50. The van der Waals surface area contributed by atoms with Crippen molar-refractivity contribution >= 4 is 34.2 Å². The number of carbonyl (C=O) groups is 2. The molecular formula is C21H22N4O3. The molecular weight excluding hydrogens is 356 g/mol. The number of nitrogens with zero attached hydrogens (tertiary/aromatic N) is 2. The lowest BCUT2D eigenvalue weighted by Gasteiger charge is -2.30. The number of hydrogen-bond donors (Lipinski definition) is 2. The molecule has 28 heavy (non-hydrogen) atoms. The van der Waals surface area contributed by atoms with E-state index in [2.05, 4.69) is 15.4 Å². The number of hydrogen-bond acceptors (Lipinski definition) is 5. The smallest absolute Gasteiger partial charge is 0.248 e. The van der Waals surface area contributed by atoms with Crippen LogP contribution in [0.5, 0.6) is 0 Å². The van der Waals surface area contributed by atoms with E-state index in [1.165, 1.54) is 6.42 Å². The molecule has 0 bridgehead atoms. The van der Waals surface area contributed by atoms with Crippen LogP contribution in [0.3, 0.4) is 0 Å². The van der Waals surface area contributed by atoms with Crippen molar-refractivity contribution in [1.82, 2.24) is 5.16 Å². The third-order valence-corrected chi connectivity index (χ3v) is 5.03. The fraction of sp³-hybridized carbons (Fsp3) is 0.286. The summed E-state index contributed by atoms with van der Waals surface area (Å²) in [4.78, 5) is 26.5. The standard InChI is InChI=1S/C21H22N4O3/c22-21(27)14-8-9-18(25-10-4-1-5-11-25)17(12-14)23-20(26)13-16-15-6-2-3-7-19(15)28-24-16/h2-3,6-9,12H,1,4-5,10-11,13H2,(H2,22,27)(H,23,26). The maximum absolute atomic E-state index is 12.7. The van der Waals surface area contributed by atoms with Gasteiger partial charge in [0.25, 0.3) is 0 Å². The van der Waals surface area contributed by atoms with Gasteiger partial charge in [0.2, 0.25) is 11.8 Å². The lowest BCUT2D eigenvalue weighted by atomic mass is 10.1. The lowest BCUT2D eigenvalue weighted by Crippen LogP contribution is -2.30. The van der Waals surface area contributed by atoms with Crippen LogP contribution in [-0.2, 0) is 11.2 Å². The normalized spacial score (nSPS) is 14.2. The van der Waals surface area contributed by atoms with Gasteiger partial charge in [-0.3, -0.25) is 9.59 Å². The molecule has 7 nitrogen and oxygen atoms in total. The number of benzene rings is 2. The highest BCUT2D eigenvalue weighted by Gasteiger charge is 2.19. The van der Waals surface area contributed by atoms with Gasteiger partial charge < -0.3 is 20.5 Å². The van der Waals surface area contributed by atoms with E-state index in [4.69, 9.17) is 10.3 Å². The van der Waals surface area contributed by atoms with Crippen molar-refractivity contribution in [2.24, 2.45) is 5.73 Å². The van der Waals surface area contributed by atoms with Crippen LogP contribution < -0.4 is 16.0 Å². The Balaban J connectivity index is 1.58. The van der Waals surface area contributed by atoms with Crippen molar-refractivity contribution in [3.05, 3.63) is 53.7 Å². The zero-order valence-corrected chi connectivity index (χ0v) is 15.5. The van der Waals surface area contributed by atoms with Crippen molar-refractivity contribution < 1.29 is 14.1 Å². The lowest BCUT2D eigenvalue weighted by molar-refractivity contribution is -0.115. The summed E-state index contributed by atoms with van der Waals surface area (Å²) in [5.41, 5.74) is 8.52. The first-order valence-corrected chi connectivity index (χ1v) is 9.44. The van der Waals surface area contributed by atoms with Crippen LogP contribution in [0.4, 0.5) is 11.4 Å². The zero-order chi connectivity index (χ0) is 19.5. The van der Waals surface area contributed by atoms with Crippen molar-refractivity contribution in [2.75, 3.05) is 23.3 Å². The molecule has 1 aliphatic rings. The third-order valence-electron chi connectivity index (χ3n) is 5.03. The average Bonchev–Trinajstić information content (AvgIpc) is 3.11. The Labute approximate surface area is 162 Å². The predicted octanol–water partition coefficient (Wildman–Crippen LogP) is 3.10. The number of amides is 2. The number of fused-ring (bicyclic) bond motifs is 1. The van der Waals surface area contributed by atoms with E-state index in [-0.39, 0.29) is 12.3 Å². The molecule has 1 fully saturated rings. The van der Waals surface area contributed by atoms with E-state index in [1.807, 2.05) is 30.3 Å². The van der Waals surface area contributed by atoms with Gasteiger partial charge in [0.15, 0.2) is 5.58 Å². The van der Waals surface area contributed by atoms with E-state index in [0.717, 1.165) is 37.0 Å². The second-order valence-corrected chi connectivity index (χ2v) is 6.99. The first-order valence-electron chi connectivity index (χ1n) is 9.44. The molecule has 0 radical (unpaired) electrons. The minimum atomic E-state index is -0.525. The van der Waals surface area contributed by atoms with E-state index in [9.17, 15) is 9.59 Å². The molecule has 1 aromatic heterocycles. The molecule has 3 N–H and O–H groups in total. The van der Waals surface area contributed by atoms with Crippen LogP contribution in [0.25, 0.3) is 11.0 Å². The van der Waals surface area contributed by atoms with Crippen LogP contribution in [0.1, 0.15) is 35.3 Å². The van der Waals surface area contributed by atoms with Crippen molar-refractivity contribution in [3.8, 4) is 0 Å². The number of aromatic nitrogens is 1. The van der Waals surface area contributed by atoms with Gasteiger partial charge in [-0.15, -0.1) is 0 Å². The maximum atomic E-state index is 12.7. The summed E-state index contributed by atoms with van der Waals surface area (Å²) in [6, 6.07) is 12.6. The predicted molar refractivity (Wildman–Crippen MR) is 107 cm³/mol. The Morgan fingerprint density at radius 1 is 1.11 bits per heavy atom. The number of anilines is 2. The zero-order valence-electron chi connectivity index (χ0n) is 15.5. The van der Waals surface area contributed by atoms with Crippen molar-refractivity contribution in [1.29, 1.82) is 0 Å². The van der Waals surface area contributed by atoms with Gasteiger partial charge in [0, 0.05) is 24.0 Å². The summed E-state index contributed by atoms with van der Waals surface area (Å²) in [5.74, 6) is -0.748. The molecule has 4 rings (SSSR count). The molecule has 2 heterocycles. The van der Waals surface area contributed by atoms with E-state index < -0.39 is 5.91 Å². The molecule has 0 aliphatic carbocycles. The molecule has 0 saturated carbocycles. The van der Waals surface area contributed by atoms with Crippen LogP contribution in [0.2, 0.25) is 0 Å². The number of carbonyl (C=O) groups excluding carboxylic acids is 2.